The van der Waals surface area contributed by atoms with Crippen molar-refractivity contribution < 1.29 is 22.3 Å². The molecular weight excluding hydrogens is 409 g/mol. The molecule has 2 aromatic carbocycles. The molecule has 0 bridgehead atoms. The molecule has 1 aliphatic rings. The van der Waals surface area contributed by atoms with Crippen molar-refractivity contribution in [3.63, 3.8) is 0 Å². The van der Waals surface area contributed by atoms with Crippen molar-refractivity contribution >= 4 is 27.3 Å². The van der Waals surface area contributed by atoms with Gasteiger partial charge >= 0.3 is 0 Å². The maximum atomic E-state index is 13.2. The Morgan fingerprint density at radius 2 is 1.73 bits per heavy atom. The minimum Gasteiger partial charge on any atom is -0.378 e. The molecule has 1 heterocycles. The van der Waals surface area contributed by atoms with Gasteiger partial charge in [-0.05, 0) is 42.5 Å². The minimum atomic E-state index is -3.72. The largest absolute Gasteiger partial charge is 0.378 e. The van der Waals surface area contributed by atoms with Gasteiger partial charge in [0.1, 0.15) is 5.82 Å². The predicted molar refractivity (Wildman–Crippen MR) is 114 cm³/mol. The lowest BCUT2D eigenvalue weighted by Crippen LogP contribution is -2.37. The highest BCUT2D eigenvalue weighted by atomic mass is 32.2. The first-order chi connectivity index (χ1) is 14.4. The van der Waals surface area contributed by atoms with Gasteiger partial charge in [0.25, 0.3) is 5.91 Å². The van der Waals surface area contributed by atoms with Gasteiger partial charge in [0.15, 0.2) is 0 Å². The number of sulfonamides is 1. The fourth-order valence-electron chi connectivity index (χ4n) is 3.38. The monoisotopic (exact) mass is 435 g/mol. The smallest absolute Gasteiger partial charge is 0.257 e. The van der Waals surface area contributed by atoms with E-state index in [1.807, 2.05) is 4.90 Å². The SMILES string of the molecule is CCN(CC)S(=O)(=O)c1ccc(N2CCOCC2)c(C(=O)Nc2ccc(F)cc2)c1. The molecule has 9 heteroatoms. The molecule has 1 N–H and O–H groups in total. The van der Waals surface area contributed by atoms with Crippen LogP contribution in [0.15, 0.2) is 47.4 Å². The van der Waals surface area contributed by atoms with Crippen LogP contribution in [0.3, 0.4) is 0 Å². The Morgan fingerprint density at radius 1 is 1.10 bits per heavy atom. The Hall–Kier alpha value is -2.49. The summed E-state index contributed by atoms with van der Waals surface area (Å²) in [5, 5.41) is 2.73. The van der Waals surface area contributed by atoms with Gasteiger partial charge in [-0.3, -0.25) is 4.79 Å². The maximum Gasteiger partial charge on any atom is 0.257 e. The van der Waals surface area contributed by atoms with E-state index in [4.69, 9.17) is 4.74 Å². The Balaban J connectivity index is 2.01. The Labute approximate surface area is 176 Å². The number of amides is 1. The lowest BCUT2D eigenvalue weighted by Gasteiger charge is -2.30. The highest BCUT2D eigenvalue weighted by molar-refractivity contribution is 7.89. The van der Waals surface area contributed by atoms with E-state index >= 15 is 0 Å². The molecule has 0 spiro atoms. The van der Waals surface area contributed by atoms with Crippen molar-refractivity contribution in [3.05, 3.63) is 53.8 Å². The van der Waals surface area contributed by atoms with Gasteiger partial charge in [0.05, 0.1) is 23.7 Å². The molecule has 0 unspecified atom stereocenters. The van der Waals surface area contributed by atoms with Crippen LogP contribution in [-0.2, 0) is 14.8 Å². The molecule has 0 saturated carbocycles. The van der Waals surface area contributed by atoms with Gasteiger partial charge in [0.2, 0.25) is 10.0 Å². The van der Waals surface area contributed by atoms with Crippen LogP contribution in [0.2, 0.25) is 0 Å². The molecule has 1 amide bonds. The Kier molecular flexibility index (Phi) is 7.06. The third-order valence-corrected chi connectivity index (χ3v) is 7.06. The molecule has 1 saturated heterocycles. The second-order valence-electron chi connectivity index (χ2n) is 6.83. The highest BCUT2D eigenvalue weighted by Gasteiger charge is 2.26. The number of benzene rings is 2. The normalized spacial score (nSPS) is 14.7. The van der Waals surface area contributed by atoms with Crippen molar-refractivity contribution in [2.24, 2.45) is 0 Å². The number of carbonyl (C=O) groups is 1. The van der Waals surface area contributed by atoms with Crippen molar-refractivity contribution in [2.45, 2.75) is 18.7 Å². The first-order valence-electron chi connectivity index (χ1n) is 9.90. The topological polar surface area (TPSA) is 79.0 Å². The molecule has 1 aliphatic heterocycles. The van der Waals surface area contributed by atoms with Gasteiger partial charge in [-0.15, -0.1) is 0 Å². The number of nitrogens with one attached hydrogen (secondary N) is 1. The molecule has 0 radical (unpaired) electrons. The predicted octanol–water partition coefficient (Wildman–Crippen LogP) is 2.95. The minimum absolute atomic E-state index is 0.0625. The number of anilines is 2. The lowest BCUT2D eigenvalue weighted by molar-refractivity contribution is 0.102. The summed E-state index contributed by atoms with van der Waals surface area (Å²) in [5.41, 5.74) is 1.30. The van der Waals surface area contributed by atoms with Gasteiger partial charge in [-0.1, -0.05) is 13.8 Å². The summed E-state index contributed by atoms with van der Waals surface area (Å²) < 4.78 is 45.9. The van der Waals surface area contributed by atoms with E-state index in [2.05, 4.69) is 5.32 Å². The third-order valence-electron chi connectivity index (χ3n) is 5.01. The summed E-state index contributed by atoms with van der Waals surface area (Å²) in [6, 6.07) is 10.0. The fraction of sp³-hybridized carbons (Fsp3) is 0.381. The first-order valence-corrected chi connectivity index (χ1v) is 11.3. The van der Waals surface area contributed by atoms with Crippen LogP contribution < -0.4 is 10.2 Å². The molecule has 0 atom stereocenters. The molecule has 162 valence electrons. The maximum absolute atomic E-state index is 13.2. The zero-order valence-electron chi connectivity index (χ0n) is 17.1. The van der Waals surface area contributed by atoms with Crippen LogP contribution in [0.1, 0.15) is 24.2 Å². The van der Waals surface area contributed by atoms with Crippen LogP contribution in [0.5, 0.6) is 0 Å². The van der Waals surface area contributed by atoms with Crippen LogP contribution in [0.4, 0.5) is 15.8 Å². The zero-order valence-corrected chi connectivity index (χ0v) is 17.9. The molecule has 2 aromatic rings. The summed E-state index contributed by atoms with van der Waals surface area (Å²) in [6.07, 6.45) is 0. The number of halogens is 1. The second kappa shape index (κ2) is 9.55. The van der Waals surface area contributed by atoms with Crippen molar-refractivity contribution in [3.8, 4) is 0 Å². The van der Waals surface area contributed by atoms with Crippen LogP contribution in [-0.4, -0.2) is 58.0 Å². The summed E-state index contributed by atoms with van der Waals surface area (Å²) in [7, 11) is -3.72. The lowest BCUT2D eigenvalue weighted by atomic mass is 10.1. The fourth-order valence-corrected chi connectivity index (χ4v) is 4.87. The Bertz CT molecular complexity index is 986. The van der Waals surface area contributed by atoms with Crippen LogP contribution in [0, 0.1) is 5.82 Å². The second-order valence-corrected chi connectivity index (χ2v) is 8.77. The number of morpholine rings is 1. The van der Waals surface area contributed by atoms with E-state index < -0.39 is 21.7 Å². The molecule has 0 aliphatic carbocycles. The van der Waals surface area contributed by atoms with E-state index in [-0.39, 0.29) is 10.5 Å². The van der Waals surface area contributed by atoms with Crippen molar-refractivity contribution in [2.75, 3.05) is 49.6 Å². The van der Waals surface area contributed by atoms with Crippen molar-refractivity contribution in [1.29, 1.82) is 0 Å². The molecular formula is C21H26FN3O4S. The van der Waals surface area contributed by atoms with E-state index in [1.54, 1.807) is 19.9 Å². The van der Waals surface area contributed by atoms with Gasteiger partial charge in [0, 0.05) is 37.6 Å². The number of hydrogen-bond acceptors (Lipinski definition) is 5. The number of rotatable bonds is 7. The summed E-state index contributed by atoms with van der Waals surface area (Å²) in [6.45, 7) is 6.45. The number of nitrogens with zero attached hydrogens (tertiary/aromatic N) is 2. The molecule has 1 fully saturated rings. The molecule has 3 rings (SSSR count). The van der Waals surface area contributed by atoms with Gasteiger partial charge in [-0.2, -0.15) is 4.31 Å². The van der Waals surface area contributed by atoms with Crippen molar-refractivity contribution in [1.82, 2.24) is 4.31 Å². The average Bonchev–Trinajstić information content (AvgIpc) is 2.76. The molecule has 0 aromatic heterocycles. The van der Waals surface area contributed by atoms with E-state index in [9.17, 15) is 17.6 Å². The summed E-state index contributed by atoms with van der Waals surface area (Å²) >= 11 is 0. The quantitative estimate of drug-likeness (QED) is 0.724. The summed E-state index contributed by atoms with van der Waals surface area (Å²) in [4.78, 5) is 15.1. The van der Waals surface area contributed by atoms with E-state index in [0.29, 0.717) is 50.8 Å². The number of ether oxygens (including phenoxy) is 1. The summed E-state index contributed by atoms with van der Waals surface area (Å²) in [5.74, 6) is -0.867. The first kappa shape index (κ1) is 22.2. The zero-order chi connectivity index (χ0) is 21.7. The Morgan fingerprint density at radius 3 is 2.33 bits per heavy atom. The molecule has 7 nitrogen and oxygen atoms in total. The standard InChI is InChI=1S/C21H26FN3O4S/c1-3-25(4-2)30(27,28)18-9-10-20(24-11-13-29-14-12-24)19(15-18)21(26)23-17-7-5-16(22)6-8-17/h5-10,15H,3-4,11-14H2,1-2H3,(H,23,26). The van der Waals surface area contributed by atoms with Crippen LogP contribution >= 0.6 is 0 Å². The van der Waals surface area contributed by atoms with Crippen LogP contribution in [0.25, 0.3) is 0 Å². The number of carbonyl (C=O) groups excluding carboxylic acids is 1. The van der Waals surface area contributed by atoms with Gasteiger partial charge in [-0.25, -0.2) is 12.8 Å². The highest BCUT2D eigenvalue weighted by Crippen LogP contribution is 2.27. The van der Waals surface area contributed by atoms with Gasteiger partial charge < -0.3 is 15.0 Å². The van der Waals surface area contributed by atoms with E-state index in [0.717, 1.165) is 0 Å². The average molecular weight is 436 g/mol. The van der Waals surface area contributed by atoms with E-state index in [1.165, 1.54) is 40.7 Å². The number of hydrogen-bond donors (Lipinski definition) is 1. The molecule has 30 heavy (non-hydrogen) atoms. The third kappa shape index (κ3) is 4.80.